The van der Waals surface area contributed by atoms with Gasteiger partial charge >= 0.3 is 0 Å². The molecule has 2 bridgehead atoms. The molecule has 200 valence electrons. The summed E-state index contributed by atoms with van der Waals surface area (Å²) in [7, 11) is 0. The standard InChI is InChI=1S/C27H34ClF2N5O2/c1-4-37-12-11-31-27(33-26(36)17-9-10-20(29)21(30)14-17)32-25-22-23(28)18-7-5-6-8-19(24(22)34-35-25)16(3)13-15(18)2/h9-10,14,16,19,23H,4-8,11-13H2,1-3H3,(H3,31,32,33,34,35,36). The molecule has 1 aromatic carbocycles. The number of benzene rings is 1. The molecule has 3 atom stereocenters. The summed E-state index contributed by atoms with van der Waals surface area (Å²) in [5.41, 5.74) is 4.40. The minimum Gasteiger partial charge on any atom is -0.380 e. The summed E-state index contributed by atoms with van der Waals surface area (Å²) in [5, 5.41) is 13.2. The van der Waals surface area contributed by atoms with Crippen LogP contribution in [0.2, 0.25) is 0 Å². The minimum atomic E-state index is -1.10. The molecule has 7 nitrogen and oxygen atoms in total. The number of allylic oxidation sites excluding steroid dienone is 2. The van der Waals surface area contributed by atoms with Crippen molar-refractivity contribution in [2.75, 3.05) is 25.1 Å². The van der Waals surface area contributed by atoms with Crippen LogP contribution < -0.4 is 10.6 Å². The van der Waals surface area contributed by atoms with Gasteiger partial charge in [-0.15, -0.1) is 11.6 Å². The zero-order chi connectivity index (χ0) is 26.5. The third kappa shape index (κ3) is 6.21. The fraction of sp³-hybridized carbons (Fsp3) is 0.519. The number of nitrogens with zero attached hydrogens (tertiary/aromatic N) is 2. The third-order valence-corrected chi connectivity index (χ3v) is 7.68. The lowest BCUT2D eigenvalue weighted by molar-refractivity contribution is 0.0976. The number of alkyl halides is 1. The van der Waals surface area contributed by atoms with Crippen LogP contribution in [0.1, 0.15) is 85.8 Å². The molecule has 0 spiro atoms. The average molecular weight is 534 g/mol. The molecular formula is C27H34ClF2N5O2. The number of ether oxygens (including phenoxy) is 1. The van der Waals surface area contributed by atoms with Crippen LogP contribution in [0.25, 0.3) is 0 Å². The number of amides is 1. The quantitative estimate of drug-likeness (QED) is 0.135. The number of carbonyl (C=O) groups is 1. The van der Waals surface area contributed by atoms with Crippen molar-refractivity contribution in [2.45, 2.75) is 64.2 Å². The topological polar surface area (TPSA) is 91.4 Å². The first-order valence-electron chi connectivity index (χ1n) is 12.9. The predicted molar refractivity (Wildman–Crippen MR) is 141 cm³/mol. The van der Waals surface area contributed by atoms with Crippen molar-refractivity contribution in [3.63, 3.8) is 0 Å². The van der Waals surface area contributed by atoms with Gasteiger partial charge in [-0.05, 0) is 69.2 Å². The van der Waals surface area contributed by atoms with E-state index in [9.17, 15) is 13.6 Å². The van der Waals surface area contributed by atoms with Gasteiger partial charge in [-0.1, -0.05) is 18.9 Å². The molecule has 3 N–H and O–H groups in total. The van der Waals surface area contributed by atoms with Gasteiger partial charge in [-0.3, -0.25) is 20.2 Å². The lowest BCUT2D eigenvalue weighted by Crippen LogP contribution is -2.37. The van der Waals surface area contributed by atoms with Crippen LogP contribution in [0, 0.1) is 17.6 Å². The van der Waals surface area contributed by atoms with Gasteiger partial charge in [-0.25, -0.2) is 8.78 Å². The van der Waals surface area contributed by atoms with Gasteiger partial charge in [0.15, 0.2) is 17.5 Å². The Hall–Kier alpha value is -2.78. The van der Waals surface area contributed by atoms with Gasteiger partial charge in [0.2, 0.25) is 5.96 Å². The van der Waals surface area contributed by atoms with Crippen LogP contribution >= 0.6 is 11.6 Å². The zero-order valence-electron chi connectivity index (χ0n) is 21.5. The highest BCUT2D eigenvalue weighted by atomic mass is 35.5. The highest BCUT2D eigenvalue weighted by Gasteiger charge is 2.35. The Labute approximate surface area is 221 Å². The third-order valence-electron chi connectivity index (χ3n) is 7.20. The van der Waals surface area contributed by atoms with Crippen LogP contribution in [0.5, 0.6) is 0 Å². The van der Waals surface area contributed by atoms with E-state index in [2.05, 4.69) is 39.7 Å². The van der Waals surface area contributed by atoms with Crippen molar-refractivity contribution in [2.24, 2.45) is 10.9 Å². The van der Waals surface area contributed by atoms with E-state index < -0.39 is 17.5 Å². The first-order valence-corrected chi connectivity index (χ1v) is 13.3. The predicted octanol–water partition coefficient (Wildman–Crippen LogP) is 6.22. The maximum Gasteiger partial charge on any atom is 0.258 e. The molecule has 3 aliphatic carbocycles. The zero-order valence-corrected chi connectivity index (χ0v) is 22.2. The fourth-order valence-corrected chi connectivity index (χ4v) is 5.80. The van der Waals surface area contributed by atoms with Gasteiger partial charge in [0, 0.05) is 29.3 Å². The average Bonchev–Trinajstić information content (AvgIpc) is 3.31. The van der Waals surface area contributed by atoms with E-state index in [0.29, 0.717) is 24.9 Å². The summed E-state index contributed by atoms with van der Waals surface area (Å²) in [6.07, 6.45) is 5.19. The van der Waals surface area contributed by atoms with Gasteiger partial charge in [-0.2, -0.15) is 5.10 Å². The number of aromatic nitrogens is 2. The fourth-order valence-electron chi connectivity index (χ4n) is 5.28. The molecule has 0 radical (unpaired) electrons. The SMILES string of the molecule is CCOCCN=C(NC(=O)c1ccc(F)c(F)c1)Nc1n[nH]c2c1C(Cl)C1=C(C)CC(C)C2CCCC1. The second-order valence-corrected chi connectivity index (χ2v) is 10.2. The Bertz CT molecular complexity index is 1200. The first kappa shape index (κ1) is 27.3. The van der Waals surface area contributed by atoms with Gasteiger partial charge in [0.1, 0.15) is 0 Å². The lowest BCUT2D eigenvalue weighted by Gasteiger charge is -2.29. The van der Waals surface area contributed by atoms with Crippen LogP contribution in [0.3, 0.4) is 0 Å². The molecule has 0 aliphatic heterocycles. The lowest BCUT2D eigenvalue weighted by atomic mass is 9.79. The van der Waals surface area contributed by atoms with E-state index in [-0.39, 0.29) is 29.4 Å². The number of anilines is 1. The number of halogens is 3. The molecular weight excluding hydrogens is 500 g/mol. The molecule has 2 aromatic rings. The Morgan fingerprint density at radius 3 is 2.86 bits per heavy atom. The van der Waals surface area contributed by atoms with E-state index in [1.807, 2.05) is 6.92 Å². The van der Waals surface area contributed by atoms with E-state index in [4.69, 9.17) is 16.3 Å². The summed E-state index contributed by atoms with van der Waals surface area (Å²) in [5.74, 6) is -1.44. The maximum absolute atomic E-state index is 13.7. The maximum atomic E-state index is 13.7. The number of nitrogens with one attached hydrogen (secondary N) is 3. The molecule has 0 saturated carbocycles. The van der Waals surface area contributed by atoms with Crippen molar-refractivity contribution < 1.29 is 18.3 Å². The van der Waals surface area contributed by atoms with Crippen molar-refractivity contribution in [3.8, 4) is 0 Å². The van der Waals surface area contributed by atoms with Crippen molar-refractivity contribution >= 4 is 29.3 Å². The van der Waals surface area contributed by atoms with Crippen LogP contribution in [0.15, 0.2) is 34.3 Å². The van der Waals surface area contributed by atoms with E-state index in [1.165, 1.54) is 17.2 Å². The Balaban J connectivity index is 1.67. The van der Waals surface area contributed by atoms with Gasteiger partial charge < -0.3 is 10.1 Å². The van der Waals surface area contributed by atoms with Crippen LogP contribution in [-0.2, 0) is 4.74 Å². The minimum absolute atomic E-state index is 0.0357. The van der Waals surface area contributed by atoms with Crippen molar-refractivity contribution in [1.29, 1.82) is 0 Å². The van der Waals surface area contributed by atoms with E-state index in [1.54, 1.807) is 0 Å². The number of hydrogen-bond acceptors (Lipinski definition) is 4. The summed E-state index contributed by atoms with van der Waals surface area (Å²) >= 11 is 7.13. The number of H-pyrrole nitrogens is 1. The monoisotopic (exact) mass is 533 g/mol. The van der Waals surface area contributed by atoms with Crippen LogP contribution in [-0.4, -0.2) is 41.8 Å². The number of guanidine groups is 1. The molecule has 0 fully saturated rings. The van der Waals surface area contributed by atoms with Gasteiger partial charge in [0.05, 0.1) is 18.5 Å². The molecule has 1 amide bonds. The number of rotatable bonds is 6. The molecule has 5 rings (SSSR count). The Morgan fingerprint density at radius 1 is 1.30 bits per heavy atom. The highest BCUT2D eigenvalue weighted by Crippen LogP contribution is 2.49. The molecule has 0 saturated heterocycles. The van der Waals surface area contributed by atoms with Crippen LogP contribution in [0.4, 0.5) is 14.6 Å². The van der Waals surface area contributed by atoms with Crippen molar-refractivity contribution in [3.05, 3.63) is 57.8 Å². The van der Waals surface area contributed by atoms with Crippen molar-refractivity contribution in [1.82, 2.24) is 15.5 Å². The normalized spacial score (nSPS) is 22.1. The first-order chi connectivity index (χ1) is 17.8. The number of fused-ring (bicyclic) bond motifs is 5. The second kappa shape index (κ2) is 12.2. The summed E-state index contributed by atoms with van der Waals surface area (Å²) in [4.78, 5) is 17.3. The molecule has 1 heterocycles. The number of aliphatic imine (C=N–C) groups is 1. The summed E-state index contributed by atoms with van der Waals surface area (Å²) in [6.45, 7) is 7.48. The summed E-state index contributed by atoms with van der Waals surface area (Å²) in [6, 6.07) is 2.98. The molecule has 3 unspecified atom stereocenters. The van der Waals surface area contributed by atoms with E-state index >= 15 is 0 Å². The van der Waals surface area contributed by atoms with E-state index in [0.717, 1.165) is 55.5 Å². The van der Waals surface area contributed by atoms with Gasteiger partial charge in [0.25, 0.3) is 5.91 Å². The molecule has 3 aliphatic rings. The number of aromatic amines is 1. The molecule has 37 heavy (non-hydrogen) atoms. The largest absolute Gasteiger partial charge is 0.380 e. The molecule has 10 heteroatoms. The molecule has 1 aromatic heterocycles. The number of hydrogen-bond donors (Lipinski definition) is 3. The summed E-state index contributed by atoms with van der Waals surface area (Å²) < 4.78 is 32.5. The smallest absolute Gasteiger partial charge is 0.258 e. The Kier molecular flexibility index (Phi) is 8.97. The second-order valence-electron chi connectivity index (χ2n) is 9.74. The Morgan fingerprint density at radius 2 is 2.11 bits per heavy atom. The number of carbonyl (C=O) groups excluding carboxylic acids is 1. The highest BCUT2D eigenvalue weighted by molar-refractivity contribution is 6.23.